The maximum atomic E-state index is 14.9. The first-order valence-electron chi connectivity index (χ1n) is 19.7. The van der Waals surface area contributed by atoms with Crippen molar-refractivity contribution in [2.75, 3.05) is 28.3 Å². The van der Waals surface area contributed by atoms with E-state index in [1.165, 1.54) is 7.11 Å². The van der Waals surface area contributed by atoms with Crippen molar-refractivity contribution in [2.45, 2.75) is 122 Å². The Morgan fingerprint density at radius 3 is 2.29 bits per heavy atom. The molecule has 1 aromatic carbocycles. The molecule has 0 bridgehead atoms. The highest BCUT2D eigenvalue weighted by Crippen LogP contribution is 2.39. The van der Waals surface area contributed by atoms with Crippen molar-refractivity contribution in [2.24, 2.45) is 29.6 Å². The fourth-order valence-corrected chi connectivity index (χ4v) is 9.01. The van der Waals surface area contributed by atoms with Gasteiger partial charge in [-0.15, -0.1) is 0 Å². The average Bonchev–Trinajstić information content (AvgIpc) is 3.49. The Morgan fingerprint density at radius 2 is 1.62 bits per heavy atom. The van der Waals surface area contributed by atoms with Gasteiger partial charge in [0.15, 0.2) is 17.7 Å². The number of amides is 1. The van der Waals surface area contributed by atoms with Crippen LogP contribution in [-0.2, 0) is 42.8 Å². The van der Waals surface area contributed by atoms with Crippen molar-refractivity contribution < 1.29 is 47.6 Å². The summed E-state index contributed by atoms with van der Waals surface area (Å²) in [5.74, 6) is 0.359. The van der Waals surface area contributed by atoms with Crippen LogP contribution in [0.4, 0.5) is 4.79 Å². The quantitative estimate of drug-likeness (QED) is 0.230. The van der Waals surface area contributed by atoms with Gasteiger partial charge < -0.3 is 38.6 Å². The Morgan fingerprint density at radius 1 is 0.946 bits per heavy atom. The highest BCUT2D eigenvalue weighted by atomic mass is 16.7. The predicted molar refractivity (Wildman–Crippen MR) is 208 cm³/mol. The molecule has 0 radical (unpaired) electrons. The molecule has 2 unspecified atom stereocenters. The second-order valence-corrected chi connectivity index (χ2v) is 16.1. The molecular weight excluding hydrogens is 718 g/mol. The maximum Gasteiger partial charge on any atom is 0.408 e. The van der Waals surface area contributed by atoms with Crippen LogP contribution in [0, 0.1) is 41.4 Å². The number of likely N-dealkylation sites (N-methyl/N-ethyl adjacent to an activating group) is 1. The van der Waals surface area contributed by atoms with E-state index in [9.17, 15) is 19.2 Å². The second kappa shape index (κ2) is 18.1. The van der Waals surface area contributed by atoms with E-state index in [0.29, 0.717) is 12.0 Å². The number of carbonyl (C=O) groups is 4. The molecule has 306 valence electrons. The molecule has 13 heteroatoms. The monoisotopic (exact) mass is 777 g/mol. The molecule has 3 saturated heterocycles. The Kier molecular flexibility index (Phi) is 14.0. The maximum absolute atomic E-state index is 14.9. The van der Waals surface area contributed by atoms with Gasteiger partial charge in [-0.05, 0) is 52.9 Å². The fraction of sp³-hybridized carbons (Fsp3) is 0.651. The molecule has 0 spiro atoms. The van der Waals surface area contributed by atoms with E-state index >= 15 is 0 Å². The van der Waals surface area contributed by atoms with E-state index in [4.69, 9.17) is 28.4 Å². The zero-order valence-corrected chi connectivity index (χ0v) is 34.6. The standard InChI is InChI=1S/C43H59N3O10/c1-12-33-43(7)39(45-42(50)56-43)26(5)34(47)24(3)36(51-10)27(6)37(55-41-38(52-11)32(46(8)9)20-23(2)53-41)25(4)35(48)30(40(49)54-33)18-15-16-28-21-29-17-13-14-19-31(29)44-22-28/h13-14,17,19,21-27,30,32-33,36-39,41H,12,18,20H2,1-11H3,(H,45,50)/t23-,24+,25+,26+,27+,30?,32+,33-,36+,37-,38-,39?,41+,43-/m1/s1. The number of hydrogen-bond acceptors (Lipinski definition) is 12. The minimum Gasteiger partial charge on any atom is -0.457 e. The number of pyridine rings is 1. The van der Waals surface area contributed by atoms with Crippen LogP contribution in [0.1, 0.15) is 73.3 Å². The molecule has 1 amide bonds. The van der Waals surface area contributed by atoms with Crippen LogP contribution < -0.4 is 5.32 Å². The van der Waals surface area contributed by atoms with Crippen molar-refractivity contribution >= 4 is 34.5 Å². The molecule has 1 N–H and O–H groups in total. The molecule has 14 atom stereocenters. The molecule has 0 saturated carbocycles. The van der Waals surface area contributed by atoms with Gasteiger partial charge in [0.2, 0.25) is 0 Å². The number of methoxy groups -OCH3 is 2. The summed E-state index contributed by atoms with van der Waals surface area (Å²) in [5.41, 5.74) is 0.0221. The molecule has 2 aromatic rings. The largest absolute Gasteiger partial charge is 0.457 e. The number of Topliss-reactive ketones (excluding diaryl/α,β-unsaturated/α-hetero) is 2. The van der Waals surface area contributed by atoms with Crippen molar-refractivity contribution in [1.82, 2.24) is 15.2 Å². The van der Waals surface area contributed by atoms with E-state index in [-0.39, 0.29) is 30.8 Å². The van der Waals surface area contributed by atoms with E-state index < -0.39 is 89.8 Å². The lowest BCUT2D eigenvalue weighted by Crippen LogP contribution is -2.59. The minimum atomic E-state index is -1.42. The number of esters is 1. The van der Waals surface area contributed by atoms with Crippen molar-refractivity contribution in [3.05, 3.63) is 42.1 Å². The first kappa shape index (κ1) is 43.2. The molecule has 3 aliphatic heterocycles. The summed E-state index contributed by atoms with van der Waals surface area (Å²) in [6.45, 7) is 12.5. The normalized spacial score (nSPS) is 37.2. The van der Waals surface area contributed by atoms with Gasteiger partial charge in [0.1, 0.15) is 23.9 Å². The van der Waals surface area contributed by atoms with E-state index in [0.717, 1.165) is 10.9 Å². The van der Waals surface area contributed by atoms with Crippen molar-refractivity contribution in [1.29, 1.82) is 0 Å². The van der Waals surface area contributed by atoms with E-state index in [2.05, 4.69) is 27.0 Å². The number of hydrogen-bond donors (Lipinski definition) is 1. The summed E-state index contributed by atoms with van der Waals surface area (Å²) in [5, 5.41) is 3.72. The van der Waals surface area contributed by atoms with Crippen LogP contribution in [0.15, 0.2) is 36.5 Å². The third-order valence-corrected chi connectivity index (χ3v) is 12.2. The molecular formula is C43H59N3O10. The summed E-state index contributed by atoms with van der Waals surface area (Å²) >= 11 is 0. The number of cyclic esters (lactones) is 1. The lowest BCUT2D eigenvalue weighted by molar-refractivity contribution is -0.286. The Bertz CT molecular complexity index is 1810. The molecule has 1 aromatic heterocycles. The first-order valence-corrected chi connectivity index (χ1v) is 19.7. The molecule has 5 rings (SSSR count). The Labute approximate surface area is 330 Å². The first-order chi connectivity index (χ1) is 26.6. The van der Waals surface area contributed by atoms with E-state index in [1.54, 1.807) is 47.9 Å². The molecule has 3 fully saturated rings. The van der Waals surface area contributed by atoms with E-state index in [1.807, 2.05) is 58.3 Å². The highest BCUT2D eigenvalue weighted by Gasteiger charge is 2.57. The van der Waals surface area contributed by atoms with Crippen LogP contribution in [0.3, 0.4) is 0 Å². The van der Waals surface area contributed by atoms with Crippen LogP contribution >= 0.6 is 0 Å². The number of rotatable bonds is 7. The summed E-state index contributed by atoms with van der Waals surface area (Å²) in [4.78, 5) is 63.2. The number of ketones is 2. The molecule has 3 aliphatic rings. The number of alkyl carbamates (subject to hydrolysis) is 1. The second-order valence-electron chi connectivity index (χ2n) is 16.1. The lowest BCUT2D eigenvalue weighted by atomic mass is 9.73. The van der Waals surface area contributed by atoms with Gasteiger partial charge in [-0.3, -0.25) is 19.4 Å². The van der Waals surface area contributed by atoms with Gasteiger partial charge in [0.25, 0.3) is 0 Å². The topological polar surface area (TPSA) is 152 Å². The summed E-state index contributed by atoms with van der Waals surface area (Å²) < 4.78 is 37.3. The average molecular weight is 778 g/mol. The van der Waals surface area contributed by atoms with Crippen LogP contribution in [0.5, 0.6) is 0 Å². The molecule has 56 heavy (non-hydrogen) atoms. The number of fused-ring (bicyclic) bond motifs is 2. The number of carbonyl (C=O) groups excluding carboxylic acids is 4. The number of nitrogens with zero attached hydrogens (tertiary/aromatic N) is 2. The highest BCUT2D eigenvalue weighted by molar-refractivity contribution is 6.00. The van der Waals surface area contributed by atoms with Crippen molar-refractivity contribution in [3.63, 3.8) is 0 Å². The van der Waals surface area contributed by atoms with Crippen molar-refractivity contribution in [3.8, 4) is 11.8 Å². The Hall–Kier alpha value is -3.93. The SMILES string of the molecule is CC[C@H]1OC(=O)C(CC#Cc2cnc3ccccc3c2)C(=O)[C@H](C)[C@@H](O[C@@H]2O[C@H](C)C[C@H](N(C)C)[C@H]2OC)[C@@H](C)[C@@H](OC)[C@@H](C)C(=O)[C@H](C)C2NC(=O)O[C@@]21C. The summed E-state index contributed by atoms with van der Waals surface area (Å²) in [7, 11) is 7.06. The van der Waals surface area contributed by atoms with Gasteiger partial charge in [0, 0.05) is 67.5 Å². The minimum absolute atomic E-state index is 0.0557. The van der Waals surface area contributed by atoms with Crippen LogP contribution in [0.25, 0.3) is 10.9 Å². The number of para-hydroxylation sites is 1. The van der Waals surface area contributed by atoms with Crippen LogP contribution in [-0.4, -0.2) is 116 Å². The number of benzene rings is 1. The van der Waals surface area contributed by atoms with Gasteiger partial charge in [0.05, 0.1) is 29.9 Å². The molecule has 4 heterocycles. The lowest BCUT2D eigenvalue weighted by Gasteiger charge is -2.46. The number of ether oxygens (including phenoxy) is 6. The third kappa shape index (κ3) is 8.80. The summed E-state index contributed by atoms with van der Waals surface area (Å²) in [6.07, 6.45) is -2.54. The predicted octanol–water partition coefficient (Wildman–Crippen LogP) is 4.96. The summed E-state index contributed by atoms with van der Waals surface area (Å²) in [6, 6.07) is 8.67. The number of aromatic nitrogens is 1. The van der Waals surface area contributed by atoms with Gasteiger partial charge in [-0.25, -0.2) is 4.79 Å². The fourth-order valence-electron chi connectivity index (χ4n) is 9.01. The van der Waals surface area contributed by atoms with Crippen LogP contribution in [0.2, 0.25) is 0 Å². The molecule has 13 nitrogen and oxygen atoms in total. The van der Waals surface area contributed by atoms with Gasteiger partial charge in [-0.2, -0.15) is 0 Å². The zero-order chi connectivity index (χ0) is 41.1. The van der Waals surface area contributed by atoms with Gasteiger partial charge >= 0.3 is 12.1 Å². The Balaban J connectivity index is 1.60. The number of nitrogens with one attached hydrogen (secondary N) is 1. The smallest absolute Gasteiger partial charge is 0.408 e. The third-order valence-electron chi connectivity index (χ3n) is 12.2. The zero-order valence-electron chi connectivity index (χ0n) is 34.6. The molecule has 0 aliphatic carbocycles. The van der Waals surface area contributed by atoms with Gasteiger partial charge in [-0.1, -0.05) is 64.7 Å².